The van der Waals surface area contributed by atoms with Crippen LogP contribution in [0.5, 0.6) is 0 Å². The van der Waals surface area contributed by atoms with Crippen molar-refractivity contribution in [3.63, 3.8) is 0 Å². The van der Waals surface area contributed by atoms with Gasteiger partial charge in [-0.3, -0.25) is 9.59 Å². The number of hydrogen-bond acceptors (Lipinski definition) is 2. The molecule has 2 rings (SSSR count). The molecular weight excluding hydrogens is 212 g/mol. The highest BCUT2D eigenvalue weighted by molar-refractivity contribution is 6.10. The number of benzene rings is 1. The van der Waals surface area contributed by atoms with E-state index in [1.165, 1.54) is 6.08 Å². The van der Waals surface area contributed by atoms with Crippen LogP contribution < -0.4 is 0 Å². The zero-order valence-electron chi connectivity index (χ0n) is 9.82. The molecule has 2 heteroatoms. The van der Waals surface area contributed by atoms with E-state index in [0.717, 1.165) is 25.7 Å². The van der Waals surface area contributed by atoms with Crippen LogP contribution in [0.25, 0.3) is 0 Å². The highest BCUT2D eigenvalue weighted by Crippen LogP contribution is 2.19. The number of allylic oxidation sites excluding steroid dienone is 2. The number of hydrogen-bond donors (Lipinski definition) is 0. The molecule has 17 heavy (non-hydrogen) atoms. The Labute approximate surface area is 101 Å². The molecule has 1 fully saturated rings. The summed E-state index contributed by atoms with van der Waals surface area (Å²) in [5.41, 5.74) is 1.36. The number of ketones is 2. The molecule has 88 valence electrons. The minimum absolute atomic E-state index is 0.0594. The van der Waals surface area contributed by atoms with Gasteiger partial charge in [-0.1, -0.05) is 36.8 Å². The molecule has 2 nitrogen and oxygen atoms in total. The molecule has 0 aliphatic heterocycles. The number of carbonyl (C=O) groups excluding carboxylic acids is 2. The van der Waals surface area contributed by atoms with E-state index < -0.39 is 0 Å². The standard InChI is InChI=1S/C15H16O2/c16-14-10-6-2-5-9-13(14)11-15(17)12-7-3-1-4-8-12/h1,3-4,7-8,11H,2,5-6,9-10H2/b13-11+. The van der Waals surface area contributed by atoms with Crippen LogP contribution in [0.1, 0.15) is 42.5 Å². The molecule has 0 saturated heterocycles. The van der Waals surface area contributed by atoms with Crippen LogP contribution in [0.15, 0.2) is 42.0 Å². The summed E-state index contributed by atoms with van der Waals surface area (Å²) >= 11 is 0. The first-order valence-corrected chi connectivity index (χ1v) is 6.10. The van der Waals surface area contributed by atoms with Crippen LogP contribution >= 0.6 is 0 Å². The fourth-order valence-corrected chi connectivity index (χ4v) is 2.07. The average Bonchev–Trinajstić information content (AvgIpc) is 2.56. The molecule has 0 atom stereocenters. The van der Waals surface area contributed by atoms with E-state index in [4.69, 9.17) is 0 Å². The van der Waals surface area contributed by atoms with E-state index in [-0.39, 0.29) is 11.6 Å². The van der Waals surface area contributed by atoms with Crippen molar-refractivity contribution in [2.45, 2.75) is 32.1 Å². The Morgan fingerprint density at radius 1 is 1.00 bits per heavy atom. The third-order valence-electron chi connectivity index (χ3n) is 3.07. The Morgan fingerprint density at radius 3 is 2.47 bits per heavy atom. The Hall–Kier alpha value is -1.70. The lowest BCUT2D eigenvalue weighted by molar-refractivity contribution is -0.115. The van der Waals surface area contributed by atoms with Crippen LogP contribution in [0.4, 0.5) is 0 Å². The summed E-state index contributed by atoms with van der Waals surface area (Å²) in [5.74, 6) is 0.0858. The first kappa shape index (κ1) is 11.8. The summed E-state index contributed by atoms with van der Waals surface area (Å²) in [5, 5.41) is 0. The second-order valence-corrected chi connectivity index (χ2v) is 4.38. The van der Waals surface area contributed by atoms with Crippen molar-refractivity contribution in [2.75, 3.05) is 0 Å². The van der Waals surface area contributed by atoms with Crippen molar-refractivity contribution < 1.29 is 9.59 Å². The molecular formula is C15H16O2. The molecule has 0 radical (unpaired) electrons. The average molecular weight is 228 g/mol. The van der Waals surface area contributed by atoms with Gasteiger partial charge >= 0.3 is 0 Å². The highest BCUT2D eigenvalue weighted by atomic mass is 16.1. The van der Waals surface area contributed by atoms with Crippen LogP contribution in [0, 0.1) is 0 Å². The molecule has 0 bridgehead atoms. The van der Waals surface area contributed by atoms with Crippen LogP contribution in [-0.2, 0) is 4.79 Å². The minimum atomic E-state index is -0.0594. The van der Waals surface area contributed by atoms with Crippen molar-refractivity contribution >= 4 is 11.6 Å². The fraction of sp³-hybridized carbons (Fsp3) is 0.333. The van der Waals surface area contributed by atoms with Gasteiger partial charge in [-0.2, -0.15) is 0 Å². The van der Waals surface area contributed by atoms with Crippen molar-refractivity contribution in [3.05, 3.63) is 47.5 Å². The normalized spacial score (nSPS) is 19.1. The van der Waals surface area contributed by atoms with Crippen molar-refractivity contribution in [1.82, 2.24) is 0 Å². The molecule has 0 aromatic heterocycles. The summed E-state index contributed by atoms with van der Waals surface area (Å²) in [7, 11) is 0. The van der Waals surface area contributed by atoms with Crippen LogP contribution in [0.3, 0.4) is 0 Å². The lowest BCUT2D eigenvalue weighted by atomic mass is 10.0. The van der Waals surface area contributed by atoms with E-state index in [2.05, 4.69) is 0 Å². The van der Waals surface area contributed by atoms with E-state index in [0.29, 0.717) is 17.6 Å². The van der Waals surface area contributed by atoms with E-state index in [1.54, 1.807) is 12.1 Å². The Kier molecular flexibility index (Phi) is 3.86. The quantitative estimate of drug-likeness (QED) is 0.442. The maximum atomic E-state index is 11.9. The molecule has 1 aliphatic rings. The maximum absolute atomic E-state index is 11.9. The second kappa shape index (κ2) is 5.58. The Morgan fingerprint density at radius 2 is 1.71 bits per heavy atom. The topological polar surface area (TPSA) is 34.1 Å². The summed E-state index contributed by atoms with van der Waals surface area (Å²) in [6.07, 6.45) is 5.92. The molecule has 0 N–H and O–H groups in total. The lowest BCUT2D eigenvalue weighted by Crippen LogP contribution is -2.04. The molecule has 0 amide bonds. The van der Waals surface area contributed by atoms with Crippen molar-refractivity contribution in [3.8, 4) is 0 Å². The molecule has 1 aromatic rings. The van der Waals surface area contributed by atoms with Gasteiger partial charge in [0.15, 0.2) is 11.6 Å². The highest BCUT2D eigenvalue weighted by Gasteiger charge is 2.15. The first-order valence-electron chi connectivity index (χ1n) is 6.10. The van der Waals surface area contributed by atoms with Crippen LogP contribution in [0.2, 0.25) is 0 Å². The smallest absolute Gasteiger partial charge is 0.186 e. The Bertz CT molecular complexity index is 443. The number of rotatable bonds is 2. The molecule has 0 spiro atoms. The van der Waals surface area contributed by atoms with E-state index in [9.17, 15) is 9.59 Å². The molecule has 1 saturated carbocycles. The van der Waals surface area contributed by atoms with Crippen molar-refractivity contribution in [2.24, 2.45) is 0 Å². The van der Waals surface area contributed by atoms with Gasteiger partial charge in [0.2, 0.25) is 0 Å². The summed E-state index contributed by atoms with van der Waals surface area (Å²) in [4.78, 5) is 23.7. The summed E-state index contributed by atoms with van der Waals surface area (Å²) < 4.78 is 0. The van der Waals surface area contributed by atoms with Gasteiger partial charge in [0.1, 0.15) is 0 Å². The lowest BCUT2D eigenvalue weighted by Gasteiger charge is -2.01. The number of carbonyl (C=O) groups is 2. The van der Waals surface area contributed by atoms with Gasteiger partial charge in [0.25, 0.3) is 0 Å². The SMILES string of the molecule is O=C1CCCCC/C1=C\C(=O)c1ccccc1. The van der Waals surface area contributed by atoms with Crippen molar-refractivity contribution in [1.29, 1.82) is 0 Å². The monoisotopic (exact) mass is 228 g/mol. The largest absolute Gasteiger partial charge is 0.295 e. The molecule has 0 unspecified atom stereocenters. The zero-order chi connectivity index (χ0) is 12.1. The third-order valence-corrected chi connectivity index (χ3v) is 3.07. The maximum Gasteiger partial charge on any atom is 0.186 e. The van der Waals surface area contributed by atoms with Gasteiger partial charge in [-0.25, -0.2) is 0 Å². The minimum Gasteiger partial charge on any atom is -0.295 e. The van der Waals surface area contributed by atoms with Gasteiger partial charge in [0, 0.05) is 12.0 Å². The summed E-state index contributed by atoms with van der Waals surface area (Å²) in [6, 6.07) is 9.10. The van der Waals surface area contributed by atoms with Crippen LogP contribution in [-0.4, -0.2) is 11.6 Å². The summed E-state index contributed by atoms with van der Waals surface area (Å²) in [6.45, 7) is 0. The number of Topliss-reactive ketones (excluding diaryl/α,β-unsaturated/α-hetero) is 1. The molecule has 0 heterocycles. The van der Waals surface area contributed by atoms with E-state index in [1.807, 2.05) is 18.2 Å². The first-order chi connectivity index (χ1) is 8.27. The molecule has 1 aromatic carbocycles. The fourth-order valence-electron chi connectivity index (χ4n) is 2.07. The Balaban J connectivity index is 2.18. The predicted molar refractivity (Wildman–Crippen MR) is 66.9 cm³/mol. The predicted octanol–water partition coefficient (Wildman–Crippen LogP) is 3.33. The third kappa shape index (κ3) is 3.13. The zero-order valence-corrected chi connectivity index (χ0v) is 9.82. The van der Waals surface area contributed by atoms with E-state index >= 15 is 0 Å². The van der Waals surface area contributed by atoms with Gasteiger partial charge in [0.05, 0.1) is 0 Å². The van der Waals surface area contributed by atoms with Gasteiger partial charge < -0.3 is 0 Å². The van der Waals surface area contributed by atoms with Gasteiger partial charge in [-0.15, -0.1) is 0 Å². The molecule has 1 aliphatic carbocycles. The second-order valence-electron chi connectivity index (χ2n) is 4.38. The van der Waals surface area contributed by atoms with Gasteiger partial charge in [-0.05, 0) is 30.9 Å².